The zero-order chi connectivity index (χ0) is 19.1. The highest BCUT2D eigenvalue weighted by Crippen LogP contribution is 2.15. The molecule has 0 fully saturated rings. The standard InChI is InChI=1S/C19H20BrN3O2S/c1-12(2)10-17(24)21-15-6-8-16(9-7-15)22-19(26)23-18(25)13-4-3-5-14(20)11-13/h3-9,11-12H,10H2,1-2H3,(H,21,24)(H2,22,23,25,26). The molecule has 0 saturated carbocycles. The van der Waals surface area contributed by atoms with Gasteiger partial charge in [-0.25, -0.2) is 0 Å². The van der Waals surface area contributed by atoms with Crippen LogP contribution in [0.4, 0.5) is 11.4 Å². The molecule has 5 nitrogen and oxygen atoms in total. The second kappa shape index (κ2) is 9.45. The van der Waals surface area contributed by atoms with Gasteiger partial charge in [-0.05, 0) is 60.6 Å². The van der Waals surface area contributed by atoms with Crippen LogP contribution in [-0.4, -0.2) is 16.9 Å². The van der Waals surface area contributed by atoms with Crippen molar-refractivity contribution in [2.24, 2.45) is 5.92 Å². The average molecular weight is 434 g/mol. The first-order chi connectivity index (χ1) is 12.3. The van der Waals surface area contributed by atoms with Crippen LogP contribution in [-0.2, 0) is 4.79 Å². The Morgan fingerprint density at radius 1 is 1.04 bits per heavy atom. The lowest BCUT2D eigenvalue weighted by Gasteiger charge is -2.11. The highest BCUT2D eigenvalue weighted by Gasteiger charge is 2.09. The van der Waals surface area contributed by atoms with Crippen molar-refractivity contribution in [3.63, 3.8) is 0 Å². The summed E-state index contributed by atoms with van der Waals surface area (Å²) in [6.07, 6.45) is 0.478. The first-order valence-electron chi connectivity index (χ1n) is 8.11. The number of hydrogen-bond donors (Lipinski definition) is 3. The molecule has 0 atom stereocenters. The van der Waals surface area contributed by atoms with E-state index in [0.29, 0.717) is 29.3 Å². The first kappa shape index (κ1) is 20.1. The highest BCUT2D eigenvalue weighted by molar-refractivity contribution is 9.10. The predicted molar refractivity (Wildman–Crippen MR) is 112 cm³/mol. The molecule has 26 heavy (non-hydrogen) atoms. The summed E-state index contributed by atoms with van der Waals surface area (Å²) < 4.78 is 0.819. The van der Waals surface area contributed by atoms with Crippen LogP contribution in [0.25, 0.3) is 0 Å². The molecule has 2 aromatic carbocycles. The lowest BCUT2D eigenvalue weighted by molar-refractivity contribution is -0.116. The van der Waals surface area contributed by atoms with Crippen LogP contribution >= 0.6 is 28.1 Å². The summed E-state index contributed by atoms with van der Waals surface area (Å²) in [7, 11) is 0. The molecule has 0 aliphatic rings. The van der Waals surface area contributed by atoms with Crippen LogP contribution < -0.4 is 16.0 Å². The number of carbonyl (C=O) groups excluding carboxylic acids is 2. The van der Waals surface area contributed by atoms with Gasteiger partial charge in [0.2, 0.25) is 5.91 Å². The molecule has 0 spiro atoms. The molecule has 7 heteroatoms. The van der Waals surface area contributed by atoms with E-state index in [1.165, 1.54) is 0 Å². The Bertz CT molecular complexity index is 807. The molecular weight excluding hydrogens is 414 g/mol. The number of thiocarbonyl (C=S) groups is 1. The topological polar surface area (TPSA) is 70.2 Å². The van der Waals surface area contributed by atoms with Crippen LogP contribution in [0.2, 0.25) is 0 Å². The number of amides is 2. The Kier molecular flexibility index (Phi) is 7.29. The van der Waals surface area contributed by atoms with Crippen molar-refractivity contribution in [2.45, 2.75) is 20.3 Å². The Morgan fingerprint density at radius 2 is 1.65 bits per heavy atom. The Morgan fingerprint density at radius 3 is 2.23 bits per heavy atom. The lowest BCUT2D eigenvalue weighted by atomic mass is 10.1. The van der Waals surface area contributed by atoms with Gasteiger partial charge in [-0.2, -0.15) is 0 Å². The molecule has 2 amide bonds. The van der Waals surface area contributed by atoms with Gasteiger partial charge in [0.1, 0.15) is 0 Å². The van der Waals surface area contributed by atoms with Crippen LogP contribution in [0.3, 0.4) is 0 Å². The number of nitrogens with one attached hydrogen (secondary N) is 3. The minimum Gasteiger partial charge on any atom is -0.332 e. The van der Waals surface area contributed by atoms with E-state index < -0.39 is 0 Å². The van der Waals surface area contributed by atoms with Crippen LogP contribution in [0, 0.1) is 5.92 Å². The lowest BCUT2D eigenvalue weighted by Crippen LogP contribution is -2.34. The van der Waals surface area contributed by atoms with E-state index in [1.807, 2.05) is 19.9 Å². The fraction of sp³-hybridized carbons (Fsp3) is 0.211. The van der Waals surface area contributed by atoms with Crippen molar-refractivity contribution in [3.8, 4) is 0 Å². The van der Waals surface area contributed by atoms with E-state index in [2.05, 4.69) is 31.9 Å². The van der Waals surface area contributed by atoms with Gasteiger partial charge in [0.05, 0.1) is 0 Å². The zero-order valence-electron chi connectivity index (χ0n) is 14.5. The second-order valence-corrected chi connectivity index (χ2v) is 7.47. The van der Waals surface area contributed by atoms with Crippen molar-refractivity contribution in [1.29, 1.82) is 0 Å². The number of halogens is 1. The molecule has 0 unspecified atom stereocenters. The minimum absolute atomic E-state index is 0.0162. The summed E-state index contributed by atoms with van der Waals surface area (Å²) in [5, 5.41) is 8.62. The van der Waals surface area contributed by atoms with E-state index in [4.69, 9.17) is 12.2 Å². The zero-order valence-corrected chi connectivity index (χ0v) is 16.9. The largest absolute Gasteiger partial charge is 0.332 e. The van der Waals surface area contributed by atoms with Crippen LogP contribution in [0.5, 0.6) is 0 Å². The summed E-state index contributed by atoms with van der Waals surface area (Å²) in [5.74, 6) is 0.000969. The van der Waals surface area contributed by atoms with Gasteiger partial charge >= 0.3 is 0 Å². The maximum atomic E-state index is 12.2. The Hall–Kier alpha value is -2.25. The minimum atomic E-state index is -0.290. The van der Waals surface area contributed by atoms with Crippen molar-refractivity contribution in [2.75, 3.05) is 10.6 Å². The van der Waals surface area contributed by atoms with Crippen molar-refractivity contribution >= 4 is 56.4 Å². The number of rotatable bonds is 5. The van der Waals surface area contributed by atoms with Gasteiger partial charge in [-0.1, -0.05) is 35.8 Å². The molecule has 0 radical (unpaired) electrons. The second-order valence-electron chi connectivity index (χ2n) is 6.14. The SMILES string of the molecule is CC(C)CC(=O)Nc1ccc(NC(=S)NC(=O)c2cccc(Br)c2)cc1. The fourth-order valence-corrected chi connectivity index (χ4v) is 2.80. The van der Waals surface area contributed by atoms with Gasteiger partial charge in [0.15, 0.2) is 5.11 Å². The molecule has 3 N–H and O–H groups in total. The molecule has 136 valence electrons. The molecule has 0 heterocycles. The molecule has 2 aromatic rings. The van der Waals surface area contributed by atoms with Crippen molar-refractivity contribution < 1.29 is 9.59 Å². The molecule has 0 bridgehead atoms. The molecule has 0 aliphatic heterocycles. The number of carbonyl (C=O) groups is 2. The summed E-state index contributed by atoms with van der Waals surface area (Å²) >= 11 is 8.50. The fourth-order valence-electron chi connectivity index (χ4n) is 2.19. The molecule has 0 saturated heterocycles. The van der Waals surface area contributed by atoms with Gasteiger partial charge in [-0.3, -0.25) is 14.9 Å². The molecular formula is C19H20BrN3O2S. The molecule has 0 aliphatic carbocycles. The third kappa shape index (κ3) is 6.57. The van der Waals surface area contributed by atoms with Gasteiger partial charge < -0.3 is 10.6 Å². The van der Waals surface area contributed by atoms with E-state index in [0.717, 1.165) is 4.47 Å². The smallest absolute Gasteiger partial charge is 0.257 e. The van der Waals surface area contributed by atoms with Crippen LogP contribution in [0.1, 0.15) is 30.6 Å². The summed E-state index contributed by atoms with van der Waals surface area (Å²) in [5.41, 5.74) is 1.93. The van der Waals surface area contributed by atoms with Gasteiger partial charge in [-0.15, -0.1) is 0 Å². The molecule has 0 aromatic heterocycles. The van der Waals surface area contributed by atoms with Crippen molar-refractivity contribution in [3.05, 3.63) is 58.6 Å². The first-order valence-corrected chi connectivity index (χ1v) is 9.31. The highest BCUT2D eigenvalue weighted by atomic mass is 79.9. The maximum absolute atomic E-state index is 12.2. The average Bonchev–Trinajstić information content (AvgIpc) is 2.55. The van der Waals surface area contributed by atoms with Gasteiger partial charge in [0, 0.05) is 27.8 Å². The monoisotopic (exact) mass is 433 g/mol. The Balaban J connectivity index is 1.89. The third-order valence-corrected chi connectivity index (χ3v) is 4.03. The summed E-state index contributed by atoms with van der Waals surface area (Å²) in [6, 6.07) is 14.2. The van der Waals surface area contributed by atoms with Crippen molar-refractivity contribution in [1.82, 2.24) is 5.32 Å². The van der Waals surface area contributed by atoms with E-state index in [-0.39, 0.29) is 16.9 Å². The number of hydrogen-bond acceptors (Lipinski definition) is 3. The summed E-state index contributed by atoms with van der Waals surface area (Å²) in [4.78, 5) is 23.9. The van der Waals surface area contributed by atoms with E-state index >= 15 is 0 Å². The predicted octanol–water partition coefficient (Wildman–Crippen LogP) is 4.56. The Labute approximate surface area is 166 Å². The number of anilines is 2. The quantitative estimate of drug-likeness (QED) is 0.604. The third-order valence-electron chi connectivity index (χ3n) is 3.33. The van der Waals surface area contributed by atoms with E-state index in [9.17, 15) is 9.59 Å². The maximum Gasteiger partial charge on any atom is 0.257 e. The van der Waals surface area contributed by atoms with Crippen LogP contribution in [0.15, 0.2) is 53.0 Å². The summed E-state index contributed by atoms with van der Waals surface area (Å²) in [6.45, 7) is 3.99. The van der Waals surface area contributed by atoms with E-state index in [1.54, 1.807) is 42.5 Å². The van der Waals surface area contributed by atoms with Gasteiger partial charge in [0.25, 0.3) is 5.91 Å². The molecule has 2 rings (SSSR count). The normalized spacial score (nSPS) is 10.3. The number of benzene rings is 2.